The van der Waals surface area contributed by atoms with Crippen LogP contribution in [0, 0.1) is 20.8 Å². The minimum atomic E-state index is -0.333. The molecule has 1 amide bonds. The predicted molar refractivity (Wildman–Crippen MR) is 115 cm³/mol. The molecular formula is C24H22N4O. The first-order valence-corrected chi connectivity index (χ1v) is 9.49. The molecule has 0 saturated carbocycles. The van der Waals surface area contributed by atoms with Gasteiger partial charge in [0.05, 0.1) is 5.69 Å². The van der Waals surface area contributed by atoms with Crippen molar-refractivity contribution in [3.63, 3.8) is 0 Å². The van der Waals surface area contributed by atoms with Crippen LogP contribution in [0.2, 0.25) is 0 Å². The van der Waals surface area contributed by atoms with Crippen molar-refractivity contribution in [1.82, 2.24) is 14.8 Å². The Morgan fingerprint density at radius 1 is 0.862 bits per heavy atom. The molecule has 5 nitrogen and oxygen atoms in total. The third kappa shape index (κ3) is 3.94. The summed E-state index contributed by atoms with van der Waals surface area (Å²) in [6, 6.07) is 23.6. The standard InChI is InChI=1S/C24H22N4O/c1-16-9-12-20(13-10-16)28-23(19-7-5-4-6-8-19)26-22(27-28)24(29)25-21-14-11-17(2)15-18(21)3/h4-15H,1-3H3,(H,25,29). The van der Waals surface area contributed by atoms with E-state index in [0.717, 1.165) is 33.6 Å². The van der Waals surface area contributed by atoms with Crippen molar-refractivity contribution in [2.24, 2.45) is 0 Å². The van der Waals surface area contributed by atoms with Crippen LogP contribution in [0.3, 0.4) is 0 Å². The van der Waals surface area contributed by atoms with Gasteiger partial charge in [0.15, 0.2) is 5.82 Å². The summed E-state index contributed by atoms with van der Waals surface area (Å²) in [5.41, 5.74) is 5.81. The molecule has 0 unspecified atom stereocenters. The Morgan fingerprint density at radius 3 is 2.24 bits per heavy atom. The third-order valence-corrected chi connectivity index (χ3v) is 4.75. The highest BCUT2D eigenvalue weighted by atomic mass is 16.2. The summed E-state index contributed by atoms with van der Waals surface area (Å²) < 4.78 is 1.71. The lowest BCUT2D eigenvalue weighted by molar-refractivity contribution is 0.101. The van der Waals surface area contributed by atoms with Crippen molar-refractivity contribution >= 4 is 11.6 Å². The van der Waals surface area contributed by atoms with Crippen molar-refractivity contribution in [2.75, 3.05) is 5.32 Å². The third-order valence-electron chi connectivity index (χ3n) is 4.75. The Morgan fingerprint density at radius 2 is 1.55 bits per heavy atom. The van der Waals surface area contributed by atoms with E-state index in [1.807, 2.05) is 93.6 Å². The quantitative estimate of drug-likeness (QED) is 0.533. The van der Waals surface area contributed by atoms with Crippen LogP contribution in [0.5, 0.6) is 0 Å². The number of nitrogens with zero attached hydrogens (tertiary/aromatic N) is 3. The van der Waals surface area contributed by atoms with E-state index in [9.17, 15) is 4.79 Å². The number of carbonyl (C=O) groups excluding carboxylic acids is 1. The average molecular weight is 382 g/mol. The fourth-order valence-electron chi connectivity index (χ4n) is 3.18. The molecule has 1 N–H and O–H groups in total. The summed E-state index contributed by atoms with van der Waals surface area (Å²) in [6.45, 7) is 6.03. The van der Waals surface area contributed by atoms with E-state index in [0.29, 0.717) is 5.82 Å². The maximum atomic E-state index is 12.9. The zero-order valence-corrected chi connectivity index (χ0v) is 16.7. The number of carbonyl (C=O) groups is 1. The molecule has 0 aliphatic carbocycles. The highest BCUT2D eigenvalue weighted by Gasteiger charge is 2.19. The van der Waals surface area contributed by atoms with Crippen molar-refractivity contribution < 1.29 is 4.79 Å². The Balaban J connectivity index is 1.74. The lowest BCUT2D eigenvalue weighted by Crippen LogP contribution is -2.15. The van der Waals surface area contributed by atoms with Crippen molar-refractivity contribution in [2.45, 2.75) is 20.8 Å². The smallest absolute Gasteiger partial charge is 0.295 e. The molecule has 0 atom stereocenters. The van der Waals surface area contributed by atoms with Gasteiger partial charge in [0.2, 0.25) is 5.82 Å². The van der Waals surface area contributed by atoms with Gasteiger partial charge in [-0.15, -0.1) is 5.10 Å². The lowest BCUT2D eigenvalue weighted by Gasteiger charge is -2.07. The van der Waals surface area contributed by atoms with Crippen LogP contribution < -0.4 is 5.32 Å². The zero-order chi connectivity index (χ0) is 20.4. The van der Waals surface area contributed by atoms with E-state index < -0.39 is 0 Å². The molecule has 0 aliphatic heterocycles. The van der Waals surface area contributed by atoms with Gasteiger partial charge in [0.1, 0.15) is 0 Å². The fraction of sp³-hybridized carbons (Fsp3) is 0.125. The number of benzene rings is 3. The van der Waals surface area contributed by atoms with Gasteiger partial charge in [0.25, 0.3) is 5.91 Å². The second kappa shape index (κ2) is 7.72. The van der Waals surface area contributed by atoms with E-state index in [2.05, 4.69) is 15.4 Å². The highest BCUT2D eigenvalue weighted by molar-refractivity contribution is 6.02. The summed E-state index contributed by atoms with van der Waals surface area (Å²) >= 11 is 0. The SMILES string of the molecule is Cc1ccc(-n2nc(C(=O)Nc3ccc(C)cc3C)nc2-c2ccccc2)cc1. The van der Waals surface area contributed by atoms with Crippen LogP contribution in [-0.4, -0.2) is 20.7 Å². The van der Waals surface area contributed by atoms with E-state index in [-0.39, 0.29) is 11.7 Å². The average Bonchev–Trinajstić information content (AvgIpc) is 3.17. The van der Waals surface area contributed by atoms with Crippen molar-refractivity contribution in [3.8, 4) is 17.1 Å². The number of aromatic nitrogens is 3. The van der Waals surface area contributed by atoms with Crippen LogP contribution in [0.4, 0.5) is 5.69 Å². The normalized spacial score (nSPS) is 10.7. The van der Waals surface area contributed by atoms with Gasteiger partial charge in [-0.2, -0.15) is 0 Å². The maximum Gasteiger partial charge on any atom is 0.295 e. The van der Waals surface area contributed by atoms with Crippen LogP contribution in [0.15, 0.2) is 72.8 Å². The molecule has 144 valence electrons. The molecule has 0 aliphatic rings. The molecule has 3 aromatic carbocycles. The monoisotopic (exact) mass is 382 g/mol. The van der Waals surface area contributed by atoms with Crippen molar-refractivity contribution in [1.29, 1.82) is 0 Å². The van der Waals surface area contributed by atoms with Crippen molar-refractivity contribution in [3.05, 3.63) is 95.3 Å². The van der Waals surface area contributed by atoms with Crippen LogP contribution in [0.25, 0.3) is 17.1 Å². The Labute approximate surface area is 170 Å². The summed E-state index contributed by atoms with van der Waals surface area (Å²) in [7, 11) is 0. The summed E-state index contributed by atoms with van der Waals surface area (Å²) in [4.78, 5) is 17.4. The Kier molecular flexibility index (Phi) is 4.96. The molecule has 1 aromatic heterocycles. The summed E-state index contributed by atoms with van der Waals surface area (Å²) in [6.07, 6.45) is 0. The van der Waals surface area contributed by atoms with Crippen LogP contribution >= 0.6 is 0 Å². The van der Waals surface area contributed by atoms with Gasteiger partial charge in [-0.05, 0) is 44.5 Å². The highest BCUT2D eigenvalue weighted by Crippen LogP contribution is 2.22. The maximum absolute atomic E-state index is 12.9. The first-order chi connectivity index (χ1) is 14.0. The van der Waals surface area contributed by atoms with Gasteiger partial charge in [-0.25, -0.2) is 9.67 Å². The molecule has 0 bridgehead atoms. The number of hydrogen-bond donors (Lipinski definition) is 1. The van der Waals surface area contributed by atoms with Gasteiger partial charge in [-0.3, -0.25) is 4.79 Å². The van der Waals surface area contributed by atoms with E-state index in [4.69, 9.17) is 0 Å². The number of rotatable bonds is 4. The molecule has 4 rings (SSSR count). The van der Waals surface area contributed by atoms with Gasteiger partial charge < -0.3 is 5.32 Å². The number of anilines is 1. The molecule has 4 aromatic rings. The molecule has 0 spiro atoms. The topological polar surface area (TPSA) is 59.8 Å². The Bertz CT molecular complexity index is 1160. The number of hydrogen-bond acceptors (Lipinski definition) is 3. The second-order valence-electron chi connectivity index (χ2n) is 7.14. The summed E-state index contributed by atoms with van der Waals surface area (Å²) in [5.74, 6) is 0.421. The molecule has 29 heavy (non-hydrogen) atoms. The largest absolute Gasteiger partial charge is 0.319 e. The lowest BCUT2D eigenvalue weighted by atomic mass is 10.1. The molecule has 0 saturated heterocycles. The second-order valence-corrected chi connectivity index (χ2v) is 7.14. The minimum absolute atomic E-state index is 0.129. The fourth-order valence-corrected chi connectivity index (χ4v) is 3.18. The van der Waals surface area contributed by atoms with E-state index >= 15 is 0 Å². The van der Waals surface area contributed by atoms with E-state index in [1.54, 1.807) is 4.68 Å². The first-order valence-electron chi connectivity index (χ1n) is 9.49. The molecule has 0 fully saturated rings. The predicted octanol–water partition coefficient (Wildman–Crippen LogP) is 5.11. The van der Waals surface area contributed by atoms with Gasteiger partial charge in [-0.1, -0.05) is 65.7 Å². The number of amides is 1. The van der Waals surface area contributed by atoms with E-state index in [1.165, 1.54) is 0 Å². The molecule has 5 heteroatoms. The van der Waals surface area contributed by atoms with Gasteiger partial charge >= 0.3 is 0 Å². The number of aryl methyl sites for hydroxylation is 3. The Hall–Kier alpha value is -3.73. The molecular weight excluding hydrogens is 360 g/mol. The minimum Gasteiger partial charge on any atom is -0.319 e. The number of nitrogens with one attached hydrogen (secondary N) is 1. The first kappa shape index (κ1) is 18.6. The molecule has 1 heterocycles. The zero-order valence-electron chi connectivity index (χ0n) is 16.7. The van der Waals surface area contributed by atoms with Crippen LogP contribution in [-0.2, 0) is 0 Å². The van der Waals surface area contributed by atoms with Gasteiger partial charge in [0, 0.05) is 11.3 Å². The molecule has 0 radical (unpaired) electrons. The summed E-state index contributed by atoms with van der Waals surface area (Å²) in [5, 5.41) is 7.45. The van der Waals surface area contributed by atoms with Crippen LogP contribution in [0.1, 0.15) is 27.3 Å².